The molecule has 0 aliphatic carbocycles. The summed E-state index contributed by atoms with van der Waals surface area (Å²) in [4.78, 5) is 11.7. The lowest BCUT2D eigenvalue weighted by Crippen LogP contribution is -2.27. The molecule has 3 N–H and O–H groups in total. The number of aromatic nitrogens is 2. The Labute approximate surface area is 103 Å². The second-order valence-electron chi connectivity index (χ2n) is 3.70. The number of hydrogen-bond donors (Lipinski definition) is 3. The van der Waals surface area contributed by atoms with Crippen LogP contribution in [0.1, 0.15) is 10.4 Å². The predicted octanol–water partition coefficient (Wildman–Crippen LogP) is 0.724. The third kappa shape index (κ3) is 2.60. The lowest BCUT2D eigenvalue weighted by atomic mass is 10.1. The molecule has 94 valence electrons. The maximum Gasteiger partial charge on any atom is 0.255 e. The van der Waals surface area contributed by atoms with Crippen molar-refractivity contribution in [1.29, 1.82) is 0 Å². The summed E-state index contributed by atoms with van der Waals surface area (Å²) in [7, 11) is 0. The van der Waals surface area contributed by atoms with E-state index >= 15 is 0 Å². The van der Waals surface area contributed by atoms with E-state index in [1.165, 1.54) is 18.2 Å². The third-order valence-electron chi connectivity index (χ3n) is 2.45. The molecule has 1 aromatic heterocycles. The summed E-state index contributed by atoms with van der Waals surface area (Å²) in [5, 5.41) is 25.4. The first kappa shape index (κ1) is 12.0. The highest BCUT2D eigenvalue weighted by molar-refractivity contribution is 5.97. The van der Waals surface area contributed by atoms with Gasteiger partial charge < -0.3 is 15.5 Å². The molecule has 0 aliphatic rings. The zero-order chi connectivity index (χ0) is 13.0. The van der Waals surface area contributed by atoms with E-state index in [0.717, 1.165) is 0 Å². The molecule has 0 spiro atoms. The Morgan fingerprint density at radius 3 is 2.89 bits per heavy atom. The van der Waals surface area contributed by atoms with Crippen LogP contribution < -0.4 is 5.32 Å². The second kappa shape index (κ2) is 5.22. The molecule has 18 heavy (non-hydrogen) atoms. The Hall–Kier alpha value is -2.50. The zero-order valence-electron chi connectivity index (χ0n) is 9.58. The van der Waals surface area contributed by atoms with Gasteiger partial charge in [-0.05, 0) is 18.2 Å². The smallest absolute Gasteiger partial charge is 0.255 e. The van der Waals surface area contributed by atoms with Gasteiger partial charge in [0.15, 0.2) is 11.5 Å². The normalized spacial score (nSPS) is 10.2. The van der Waals surface area contributed by atoms with Crippen molar-refractivity contribution in [2.75, 3.05) is 6.54 Å². The van der Waals surface area contributed by atoms with Gasteiger partial charge in [-0.1, -0.05) is 6.07 Å². The minimum Gasteiger partial charge on any atom is -0.504 e. The average molecular weight is 247 g/mol. The predicted molar refractivity (Wildman–Crippen MR) is 64.3 cm³/mol. The van der Waals surface area contributed by atoms with Gasteiger partial charge in [0.2, 0.25) is 0 Å². The minimum atomic E-state index is -0.435. The summed E-state index contributed by atoms with van der Waals surface area (Å²) in [6.07, 6.45) is 3.45. The van der Waals surface area contributed by atoms with Crippen LogP contribution in [0.25, 0.3) is 0 Å². The van der Waals surface area contributed by atoms with Crippen LogP contribution in [-0.4, -0.2) is 32.4 Å². The Morgan fingerprint density at radius 2 is 2.17 bits per heavy atom. The van der Waals surface area contributed by atoms with E-state index in [-0.39, 0.29) is 11.3 Å². The average Bonchev–Trinajstić information content (AvgIpc) is 2.85. The summed E-state index contributed by atoms with van der Waals surface area (Å²) in [5.74, 6) is -1.15. The van der Waals surface area contributed by atoms with E-state index in [9.17, 15) is 15.0 Å². The van der Waals surface area contributed by atoms with Crippen LogP contribution in [-0.2, 0) is 6.54 Å². The van der Waals surface area contributed by atoms with Crippen LogP contribution in [0.5, 0.6) is 11.5 Å². The van der Waals surface area contributed by atoms with Crippen LogP contribution >= 0.6 is 0 Å². The Bertz CT molecular complexity index is 538. The Morgan fingerprint density at radius 1 is 1.33 bits per heavy atom. The summed E-state index contributed by atoms with van der Waals surface area (Å²) < 4.78 is 1.68. The second-order valence-corrected chi connectivity index (χ2v) is 3.70. The highest BCUT2D eigenvalue weighted by Gasteiger charge is 2.12. The molecule has 0 unspecified atom stereocenters. The number of benzene rings is 1. The fourth-order valence-electron chi connectivity index (χ4n) is 1.53. The van der Waals surface area contributed by atoms with E-state index < -0.39 is 11.7 Å². The van der Waals surface area contributed by atoms with Crippen LogP contribution in [0.4, 0.5) is 0 Å². The lowest BCUT2D eigenvalue weighted by molar-refractivity contribution is 0.0948. The fourth-order valence-corrected chi connectivity index (χ4v) is 1.53. The number of amides is 1. The lowest BCUT2D eigenvalue weighted by Gasteiger charge is -2.07. The number of para-hydroxylation sites is 1. The number of nitrogens with one attached hydrogen (secondary N) is 1. The van der Waals surface area contributed by atoms with E-state index in [2.05, 4.69) is 10.4 Å². The standard InChI is InChI=1S/C12H13N3O3/c16-10-4-1-3-9(11(10)17)12(18)13-6-8-15-7-2-5-14-15/h1-5,7,16-17H,6,8H2,(H,13,18). The van der Waals surface area contributed by atoms with Crippen molar-refractivity contribution in [2.24, 2.45) is 0 Å². The number of phenols is 2. The summed E-state index contributed by atoms with van der Waals surface area (Å²) in [6, 6.07) is 6.05. The van der Waals surface area contributed by atoms with Crippen molar-refractivity contribution in [2.45, 2.75) is 6.54 Å². The number of hydrogen-bond acceptors (Lipinski definition) is 4. The van der Waals surface area contributed by atoms with Gasteiger partial charge in [0.05, 0.1) is 12.1 Å². The van der Waals surface area contributed by atoms with Gasteiger partial charge >= 0.3 is 0 Å². The third-order valence-corrected chi connectivity index (χ3v) is 2.45. The minimum absolute atomic E-state index is 0.0514. The van der Waals surface area contributed by atoms with Crippen LogP contribution in [0.2, 0.25) is 0 Å². The van der Waals surface area contributed by atoms with Crippen LogP contribution in [0.3, 0.4) is 0 Å². The first-order valence-corrected chi connectivity index (χ1v) is 5.45. The maximum absolute atomic E-state index is 11.7. The number of phenolic OH excluding ortho intramolecular Hbond substituents is 2. The molecule has 0 saturated heterocycles. The van der Waals surface area contributed by atoms with E-state index in [0.29, 0.717) is 13.1 Å². The molecule has 6 heteroatoms. The highest BCUT2D eigenvalue weighted by atomic mass is 16.3. The zero-order valence-corrected chi connectivity index (χ0v) is 9.58. The van der Waals surface area contributed by atoms with E-state index in [1.807, 2.05) is 0 Å². The van der Waals surface area contributed by atoms with E-state index in [1.54, 1.807) is 23.1 Å². The summed E-state index contributed by atoms with van der Waals surface area (Å²) in [6.45, 7) is 0.925. The Kier molecular flexibility index (Phi) is 3.47. The molecule has 6 nitrogen and oxygen atoms in total. The van der Waals surface area contributed by atoms with Crippen molar-refractivity contribution in [3.05, 3.63) is 42.2 Å². The van der Waals surface area contributed by atoms with Crippen molar-refractivity contribution in [3.63, 3.8) is 0 Å². The number of rotatable bonds is 4. The van der Waals surface area contributed by atoms with Gasteiger partial charge in [0.1, 0.15) is 0 Å². The van der Waals surface area contributed by atoms with Crippen molar-refractivity contribution >= 4 is 5.91 Å². The summed E-state index contributed by atoms with van der Waals surface area (Å²) in [5.41, 5.74) is 0.0514. The maximum atomic E-state index is 11.7. The number of aromatic hydroxyl groups is 2. The molecule has 2 aromatic rings. The molecule has 1 aromatic carbocycles. The SMILES string of the molecule is O=C(NCCn1cccn1)c1cccc(O)c1O. The van der Waals surface area contributed by atoms with Gasteiger partial charge in [0, 0.05) is 18.9 Å². The van der Waals surface area contributed by atoms with Gasteiger partial charge in [-0.15, -0.1) is 0 Å². The molecule has 2 rings (SSSR count). The van der Waals surface area contributed by atoms with Crippen molar-refractivity contribution in [3.8, 4) is 11.5 Å². The molecule has 1 heterocycles. The van der Waals surface area contributed by atoms with Gasteiger partial charge in [-0.3, -0.25) is 9.48 Å². The van der Waals surface area contributed by atoms with Crippen molar-refractivity contribution < 1.29 is 15.0 Å². The van der Waals surface area contributed by atoms with E-state index in [4.69, 9.17) is 0 Å². The molecule has 0 saturated carbocycles. The Balaban J connectivity index is 1.93. The number of carbonyl (C=O) groups is 1. The molecule has 1 amide bonds. The van der Waals surface area contributed by atoms with Crippen LogP contribution in [0, 0.1) is 0 Å². The molecular weight excluding hydrogens is 234 g/mol. The topological polar surface area (TPSA) is 87.4 Å². The molecule has 0 bridgehead atoms. The molecule has 0 fully saturated rings. The quantitative estimate of drug-likeness (QED) is 0.695. The van der Waals surface area contributed by atoms with Gasteiger partial charge in [-0.25, -0.2) is 0 Å². The summed E-state index contributed by atoms with van der Waals surface area (Å²) >= 11 is 0. The fraction of sp³-hybridized carbons (Fsp3) is 0.167. The molecule has 0 radical (unpaired) electrons. The molecule has 0 aliphatic heterocycles. The monoisotopic (exact) mass is 247 g/mol. The number of carbonyl (C=O) groups excluding carboxylic acids is 1. The van der Waals surface area contributed by atoms with Gasteiger partial charge in [0.25, 0.3) is 5.91 Å². The number of nitrogens with zero attached hydrogens (tertiary/aromatic N) is 2. The van der Waals surface area contributed by atoms with Crippen molar-refractivity contribution in [1.82, 2.24) is 15.1 Å². The molecular formula is C12H13N3O3. The first-order chi connectivity index (χ1) is 8.68. The van der Waals surface area contributed by atoms with Gasteiger partial charge in [-0.2, -0.15) is 5.10 Å². The largest absolute Gasteiger partial charge is 0.504 e. The highest BCUT2D eigenvalue weighted by Crippen LogP contribution is 2.27. The molecule has 0 atom stereocenters. The first-order valence-electron chi connectivity index (χ1n) is 5.45. The van der Waals surface area contributed by atoms with Crippen LogP contribution in [0.15, 0.2) is 36.7 Å².